The highest BCUT2D eigenvalue weighted by Crippen LogP contribution is 2.11. The molecule has 0 spiro atoms. The van der Waals surface area contributed by atoms with Crippen molar-refractivity contribution in [1.29, 1.82) is 0 Å². The second-order valence-electron chi connectivity index (χ2n) is 6.62. The van der Waals surface area contributed by atoms with Crippen molar-refractivity contribution in [2.24, 2.45) is 0 Å². The molecular formula is C20H36O6. The van der Waals surface area contributed by atoms with Crippen LogP contribution in [-0.4, -0.2) is 48.1 Å². The maximum atomic E-state index is 11.6. The van der Waals surface area contributed by atoms with Crippen LogP contribution in [0, 0.1) is 0 Å². The van der Waals surface area contributed by atoms with Crippen molar-refractivity contribution in [1.82, 2.24) is 0 Å². The molecule has 0 saturated carbocycles. The molecule has 1 atom stereocenters. The molecule has 0 rings (SSSR count). The van der Waals surface area contributed by atoms with Gasteiger partial charge in [0.05, 0.1) is 19.6 Å². The van der Waals surface area contributed by atoms with Crippen molar-refractivity contribution in [2.75, 3.05) is 19.8 Å². The maximum absolute atomic E-state index is 11.6. The van der Waals surface area contributed by atoms with Gasteiger partial charge in [-0.15, -0.1) is 0 Å². The van der Waals surface area contributed by atoms with E-state index in [4.69, 9.17) is 19.7 Å². The Kier molecular flexibility index (Phi) is 16.1. The van der Waals surface area contributed by atoms with E-state index in [-0.39, 0.29) is 18.6 Å². The Labute approximate surface area is 157 Å². The van der Waals surface area contributed by atoms with E-state index in [1.165, 1.54) is 44.9 Å². The molecule has 6 nitrogen and oxygen atoms in total. The summed E-state index contributed by atoms with van der Waals surface area (Å²) >= 11 is 0. The SMILES string of the molecule is C=C(CC(=O)OCCCCCCCCCCCC)C(=O)OC[C@H](O)CO. The number of rotatable bonds is 17. The van der Waals surface area contributed by atoms with Crippen LogP contribution in [0.25, 0.3) is 0 Å². The summed E-state index contributed by atoms with van der Waals surface area (Å²) in [7, 11) is 0. The lowest BCUT2D eigenvalue weighted by atomic mass is 10.1. The molecule has 0 fully saturated rings. The first kappa shape index (κ1) is 24.6. The van der Waals surface area contributed by atoms with Crippen molar-refractivity contribution < 1.29 is 29.3 Å². The van der Waals surface area contributed by atoms with Crippen LogP contribution in [-0.2, 0) is 19.1 Å². The standard InChI is InChI=1S/C20H36O6/c1-3-4-5-6-7-8-9-10-11-12-13-25-19(23)14-17(2)20(24)26-16-18(22)15-21/h18,21-22H,2-16H2,1H3/t18-/m1/s1. The first-order valence-electron chi connectivity index (χ1n) is 9.80. The lowest BCUT2D eigenvalue weighted by Crippen LogP contribution is -2.23. The number of esters is 2. The van der Waals surface area contributed by atoms with E-state index in [2.05, 4.69) is 13.5 Å². The van der Waals surface area contributed by atoms with Gasteiger partial charge in [0, 0.05) is 5.57 Å². The smallest absolute Gasteiger partial charge is 0.334 e. The van der Waals surface area contributed by atoms with Crippen molar-refractivity contribution in [3.8, 4) is 0 Å². The first-order chi connectivity index (χ1) is 12.5. The number of carbonyl (C=O) groups excluding carboxylic acids is 2. The number of hydrogen-bond donors (Lipinski definition) is 2. The Morgan fingerprint density at radius 2 is 1.46 bits per heavy atom. The monoisotopic (exact) mass is 372 g/mol. The van der Waals surface area contributed by atoms with Crippen LogP contribution in [0.15, 0.2) is 12.2 Å². The fourth-order valence-corrected chi connectivity index (χ4v) is 2.40. The summed E-state index contributed by atoms with van der Waals surface area (Å²) in [5.74, 6) is -1.28. The lowest BCUT2D eigenvalue weighted by molar-refractivity contribution is -0.147. The van der Waals surface area contributed by atoms with E-state index in [9.17, 15) is 9.59 Å². The van der Waals surface area contributed by atoms with Crippen molar-refractivity contribution in [3.63, 3.8) is 0 Å². The normalized spacial score (nSPS) is 11.8. The van der Waals surface area contributed by atoms with Crippen LogP contribution in [0.4, 0.5) is 0 Å². The molecule has 0 unspecified atom stereocenters. The van der Waals surface area contributed by atoms with E-state index >= 15 is 0 Å². The van der Waals surface area contributed by atoms with Gasteiger partial charge in [0.1, 0.15) is 12.7 Å². The summed E-state index contributed by atoms with van der Waals surface area (Å²) in [5.41, 5.74) is -0.0248. The average Bonchev–Trinajstić information content (AvgIpc) is 2.63. The molecule has 0 bridgehead atoms. The van der Waals surface area contributed by atoms with Gasteiger partial charge >= 0.3 is 11.9 Å². The number of aliphatic hydroxyl groups excluding tert-OH is 2. The van der Waals surface area contributed by atoms with E-state index in [0.29, 0.717) is 6.61 Å². The highest BCUT2D eigenvalue weighted by atomic mass is 16.5. The van der Waals surface area contributed by atoms with Crippen LogP contribution in [0.2, 0.25) is 0 Å². The van der Waals surface area contributed by atoms with Gasteiger partial charge in [-0.25, -0.2) is 4.79 Å². The van der Waals surface area contributed by atoms with Crippen molar-refractivity contribution in [3.05, 3.63) is 12.2 Å². The Bertz CT molecular complexity index is 394. The zero-order valence-corrected chi connectivity index (χ0v) is 16.2. The molecule has 0 aromatic carbocycles. The van der Waals surface area contributed by atoms with E-state index < -0.39 is 24.6 Å². The van der Waals surface area contributed by atoms with Gasteiger partial charge in [-0.05, 0) is 6.42 Å². The van der Waals surface area contributed by atoms with E-state index in [1.54, 1.807) is 0 Å². The molecule has 26 heavy (non-hydrogen) atoms. The van der Waals surface area contributed by atoms with Gasteiger partial charge in [0.25, 0.3) is 0 Å². The molecule has 2 N–H and O–H groups in total. The summed E-state index contributed by atoms with van der Waals surface area (Å²) in [6, 6.07) is 0. The number of carbonyl (C=O) groups is 2. The second-order valence-corrected chi connectivity index (χ2v) is 6.62. The molecule has 0 radical (unpaired) electrons. The van der Waals surface area contributed by atoms with E-state index in [1.807, 2.05) is 0 Å². The summed E-state index contributed by atoms with van der Waals surface area (Å²) in [6.45, 7) is 5.22. The van der Waals surface area contributed by atoms with Crippen molar-refractivity contribution >= 4 is 11.9 Å². The predicted octanol–water partition coefficient (Wildman–Crippen LogP) is 3.29. The number of unbranched alkanes of at least 4 members (excludes halogenated alkanes) is 9. The Morgan fingerprint density at radius 3 is 2.00 bits per heavy atom. The molecule has 0 saturated heterocycles. The third-order valence-corrected chi connectivity index (χ3v) is 4.02. The van der Waals surface area contributed by atoms with Crippen LogP contribution in [0.5, 0.6) is 0 Å². The highest BCUT2D eigenvalue weighted by Gasteiger charge is 2.15. The van der Waals surface area contributed by atoms with E-state index in [0.717, 1.165) is 19.3 Å². The molecule has 0 aromatic heterocycles. The highest BCUT2D eigenvalue weighted by molar-refractivity contribution is 5.93. The largest absolute Gasteiger partial charge is 0.465 e. The molecule has 0 heterocycles. The summed E-state index contributed by atoms with van der Waals surface area (Å²) in [6.07, 6.45) is 10.7. The van der Waals surface area contributed by atoms with Gasteiger partial charge < -0.3 is 19.7 Å². The van der Waals surface area contributed by atoms with Crippen LogP contribution in [0.1, 0.15) is 77.6 Å². The fourth-order valence-electron chi connectivity index (χ4n) is 2.40. The zero-order chi connectivity index (χ0) is 19.6. The molecule has 152 valence electrons. The van der Waals surface area contributed by atoms with Crippen molar-refractivity contribution in [2.45, 2.75) is 83.7 Å². The lowest BCUT2D eigenvalue weighted by Gasteiger charge is -2.10. The Hall–Kier alpha value is -1.40. The fraction of sp³-hybridized carbons (Fsp3) is 0.800. The molecule has 6 heteroatoms. The minimum atomic E-state index is -1.13. The quantitative estimate of drug-likeness (QED) is 0.231. The van der Waals surface area contributed by atoms with Gasteiger partial charge in [-0.2, -0.15) is 0 Å². The molecule has 0 aliphatic rings. The summed E-state index contributed by atoms with van der Waals surface area (Å²) < 4.78 is 9.80. The predicted molar refractivity (Wildman–Crippen MR) is 101 cm³/mol. The third kappa shape index (κ3) is 14.9. The number of aliphatic hydroxyl groups is 2. The Morgan fingerprint density at radius 1 is 0.923 bits per heavy atom. The molecule has 0 aromatic rings. The van der Waals surface area contributed by atoms with Gasteiger partial charge in [-0.1, -0.05) is 71.3 Å². The molecule has 0 aliphatic carbocycles. The summed E-state index contributed by atoms with van der Waals surface area (Å²) in [5, 5.41) is 17.7. The molecule has 0 aliphatic heterocycles. The number of ether oxygens (including phenoxy) is 2. The minimum Gasteiger partial charge on any atom is -0.465 e. The average molecular weight is 373 g/mol. The zero-order valence-electron chi connectivity index (χ0n) is 16.2. The van der Waals surface area contributed by atoms with Crippen LogP contribution in [0.3, 0.4) is 0 Å². The summed E-state index contributed by atoms with van der Waals surface area (Å²) in [4.78, 5) is 23.2. The first-order valence-corrected chi connectivity index (χ1v) is 9.80. The number of hydrogen-bond acceptors (Lipinski definition) is 6. The third-order valence-electron chi connectivity index (χ3n) is 4.02. The molecular weight excluding hydrogens is 336 g/mol. The minimum absolute atomic E-state index is 0.0248. The van der Waals surface area contributed by atoms with Gasteiger partial charge in [0.15, 0.2) is 0 Å². The Balaban J connectivity index is 3.53. The van der Waals surface area contributed by atoms with Gasteiger partial charge in [-0.3, -0.25) is 4.79 Å². The van der Waals surface area contributed by atoms with Crippen LogP contribution >= 0.6 is 0 Å². The van der Waals surface area contributed by atoms with Gasteiger partial charge in [0.2, 0.25) is 0 Å². The second kappa shape index (κ2) is 17.0. The van der Waals surface area contributed by atoms with Crippen LogP contribution < -0.4 is 0 Å². The maximum Gasteiger partial charge on any atom is 0.334 e. The topological polar surface area (TPSA) is 93.1 Å². The molecule has 0 amide bonds.